The van der Waals surface area contributed by atoms with Crippen LogP contribution >= 0.6 is 0 Å². The molecular weight excluding hydrogens is 250 g/mol. The summed E-state index contributed by atoms with van der Waals surface area (Å²) in [6, 6.07) is 8.97. The number of rotatable bonds is 7. The molecule has 4 heteroatoms. The maximum atomic E-state index is 5.75. The van der Waals surface area contributed by atoms with E-state index in [4.69, 9.17) is 4.74 Å². The molecule has 0 atom stereocenters. The summed E-state index contributed by atoms with van der Waals surface area (Å²) in [6.07, 6.45) is 3.68. The number of benzene rings is 1. The van der Waals surface area contributed by atoms with Gasteiger partial charge in [0.25, 0.3) is 0 Å². The van der Waals surface area contributed by atoms with Crippen molar-refractivity contribution in [1.29, 1.82) is 0 Å². The van der Waals surface area contributed by atoms with Crippen molar-refractivity contribution in [3.8, 4) is 5.75 Å². The van der Waals surface area contributed by atoms with E-state index in [2.05, 4.69) is 55.5 Å². The lowest BCUT2D eigenvalue weighted by Gasteiger charge is -2.09. The molecule has 0 bridgehead atoms. The van der Waals surface area contributed by atoms with Crippen LogP contribution < -0.4 is 10.1 Å². The Morgan fingerprint density at radius 3 is 2.80 bits per heavy atom. The van der Waals surface area contributed by atoms with Crippen LogP contribution in [0.4, 0.5) is 0 Å². The zero-order valence-electron chi connectivity index (χ0n) is 12.5. The van der Waals surface area contributed by atoms with Gasteiger partial charge in [-0.3, -0.25) is 4.68 Å². The number of ether oxygens (including phenoxy) is 1. The predicted molar refractivity (Wildman–Crippen MR) is 80.7 cm³/mol. The van der Waals surface area contributed by atoms with E-state index in [9.17, 15) is 0 Å². The first-order chi connectivity index (χ1) is 9.67. The highest BCUT2D eigenvalue weighted by Crippen LogP contribution is 2.12. The summed E-state index contributed by atoms with van der Waals surface area (Å²) < 4.78 is 7.61. The standard InChI is InChI=1S/C16H23N3O/c1-4-19-11-16(10-18-19)20-12-15-7-5-6-14(8-15)9-17-13(2)3/h5-8,10-11,13,17H,4,9,12H2,1-3H3. The first-order valence-electron chi connectivity index (χ1n) is 7.14. The third-order valence-electron chi connectivity index (χ3n) is 3.04. The van der Waals surface area contributed by atoms with Gasteiger partial charge in [-0.05, 0) is 18.1 Å². The quantitative estimate of drug-likeness (QED) is 0.843. The average molecular weight is 273 g/mol. The number of hydrogen-bond acceptors (Lipinski definition) is 3. The molecule has 108 valence electrons. The number of aromatic nitrogens is 2. The molecule has 2 rings (SSSR count). The molecule has 1 N–H and O–H groups in total. The lowest BCUT2D eigenvalue weighted by Crippen LogP contribution is -2.21. The Balaban J connectivity index is 1.90. The fraction of sp³-hybridized carbons (Fsp3) is 0.438. The van der Waals surface area contributed by atoms with E-state index in [-0.39, 0.29) is 0 Å². The highest BCUT2D eigenvalue weighted by molar-refractivity contribution is 5.23. The molecular formula is C16H23N3O. The summed E-state index contributed by atoms with van der Waals surface area (Å²) in [7, 11) is 0. The third-order valence-corrected chi connectivity index (χ3v) is 3.04. The largest absolute Gasteiger partial charge is 0.486 e. The second-order valence-corrected chi connectivity index (χ2v) is 5.18. The Hall–Kier alpha value is -1.81. The first-order valence-corrected chi connectivity index (χ1v) is 7.14. The fourth-order valence-corrected chi connectivity index (χ4v) is 1.91. The van der Waals surface area contributed by atoms with Crippen molar-refractivity contribution in [2.75, 3.05) is 0 Å². The molecule has 0 aliphatic heterocycles. The van der Waals surface area contributed by atoms with E-state index < -0.39 is 0 Å². The molecule has 1 aromatic heterocycles. The minimum absolute atomic E-state index is 0.495. The molecule has 0 unspecified atom stereocenters. The van der Waals surface area contributed by atoms with Crippen molar-refractivity contribution in [3.05, 3.63) is 47.8 Å². The Bertz CT molecular complexity index is 534. The van der Waals surface area contributed by atoms with Crippen molar-refractivity contribution >= 4 is 0 Å². The lowest BCUT2D eigenvalue weighted by molar-refractivity contribution is 0.305. The van der Waals surface area contributed by atoms with Crippen LogP contribution in [0.2, 0.25) is 0 Å². The molecule has 0 aliphatic carbocycles. The molecule has 0 amide bonds. The fourth-order valence-electron chi connectivity index (χ4n) is 1.91. The molecule has 0 saturated heterocycles. The molecule has 2 aromatic rings. The summed E-state index contributed by atoms with van der Waals surface area (Å²) in [6.45, 7) is 8.68. The van der Waals surface area contributed by atoms with Crippen LogP contribution in [-0.4, -0.2) is 15.8 Å². The Labute approximate surface area is 120 Å². The summed E-state index contributed by atoms with van der Waals surface area (Å²) in [5, 5.41) is 7.61. The normalized spacial score (nSPS) is 11.0. The molecule has 0 radical (unpaired) electrons. The monoisotopic (exact) mass is 273 g/mol. The van der Waals surface area contributed by atoms with Gasteiger partial charge in [-0.1, -0.05) is 38.1 Å². The van der Waals surface area contributed by atoms with E-state index in [1.807, 2.05) is 10.9 Å². The Morgan fingerprint density at radius 1 is 1.30 bits per heavy atom. The minimum atomic E-state index is 0.495. The second-order valence-electron chi connectivity index (χ2n) is 5.18. The van der Waals surface area contributed by atoms with E-state index in [0.717, 1.165) is 18.8 Å². The van der Waals surface area contributed by atoms with Crippen LogP contribution in [0, 0.1) is 0 Å². The minimum Gasteiger partial charge on any atom is -0.486 e. The zero-order valence-corrected chi connectivity index (χ0v) is 12.5. The van der Waals surface area contributed by atoms with Gasteiger partial charge < -0.3 is 10.1 Å². The number of hydrogen-bond donors (Lipinski definition) is 1. The highest BCUT2D eigenvalue weighted by atomic mass is 16.5. The van der Waals surface area contributed by atoms with E-state index in [1.165, 1.54) is 11.1 Å². The topological polar surface area (TPSA) is 39.1 Å². The number of nitrogens with one attached hydrogen (secondary N) is 1. The molecule has 1 aromatic carbocycles. The SMILES string of the molecule is CCn1cc(OCc2cccc(CNC(C)C)c2)cn1. The van der Waals surface area contributed by atoms with Crippen LogP contribution in [0.3, 0.4) is 0 Å². The summed E-state index contributed by atoms with van der Waals surface area (Å²) in [5.41, 5.74) is 2.46. The van der Waals surface area contributed by atoms with Gasteiger partial charge in [-0.15, -0.1) is 0 Å². The van der Waals surface area contributed by atoms with Crippen molar-refractivity contribution in [2.24, 2.45) is 0 Å². The zero-order chi connectivity index (χ0) is 14.4. The summed E-state index contributed by atoms with van der Waals surface area (Å²) in [5.74, 6) is 0.817. The van der Waals surface area contributed by atoms with E-state index >= 15 is 0 Å². The molecule has 0 saturated carbocycles. The lowest BCUT2D eigenvalue weighted by atomic mass is 10.1. The van der Waals surface area contributed by atoms with Gasteiger partial charge in [0.2, 0.25) is 0 Å². The molecule has 4 nitrogen and oxygen atoms in total. The van der Waals surface area contributed by atoms with E-state index in [1.54, 1.807) is 6.20 Å². The first kappa shape index (κ1) is 14.6. The summed E-state index contributed by atoms with van der Waals surface area (Å²) in [4.78, 5) is 0. The van der Waals surface area contributed by atoms with Crippen LogP contribution in [0.25, 0.3) is 0 Å². The third kappa shape index (κ3) is 4.38. The maximum absolute atomic E-state index is 5.75. The van der Waals surface area contributed by atoms with Crippen LogP contribution in [0.1, 0.15) is 31.9 Å². The van der Waals surface area contributed by atoms with Crippen molar-refractivity contribution in [2.45, 2.75) is 46.5 Å². The second kappa shape index (κ2) is 7.10. The average Bonchev–Trinajstić information content (AvgIpc) is 2.91. The van der Waals surface area contributed by atoms with Gasteiger partial charge in [-0.2, -0.15) is 5.10 Å². The van der Waals surface area contributed by atoms with Crippen molar-refractivity contribution in [3.63, 3.8) is 0 Å². The van der Waals surface area contributed by atoms with Gasteiger partial charge in [0, 0.05) is 19.1 Å². The van der Waals surface area contributed by atoms with Gasteiger partial charge in [0.15, 0.2) is 5.75 Å². The number of aryl methyl sites for hydroxylation is 1. The van der Waals surface area contributed by atoms with Gasteiger partial charge >= 0.3 is 0 Å². The van der Waals surface area contributed by atoms with Crippen LogP contribution in [-0.2, 0) is 19.7 Å². The molecule has 0 spiro atoms. The molecule has 20 heavy (non-hydrogen) atoms. The van der Waals surface area contributed by atoms with Crippen molar-refractivity contribution < 1.29 is 4.74 Å². The molecule has 0 aliphatic rings. The van der Waals surface area contributed by atoms with Gasteiger partial charge in [0.1, 0.15) is 6.61 Å². The smallest absolute Gasteiger partial charge is 0.157 e. The van der Waals surface area contributed by atoms with Crippen LogP contribution in [0.5, 0.6) is 5.75 Å². The van der Waals surface area contributed by atoms with E-state index in [0.29, 0.717) is 12.6 Å². The Morgan fingerprint density at radius 2 is 2.10 bits per heavy atom. The van der Waals surface area contributed by atoms with Gasteiger partial charge in [-0.25, -0.2) is 0 Å². The predicted octanol–water partition coefficient (Wildman–Crippen LogP) is 2.98. The summed E-state index contributed by atoms with van der Waals surface area (Å²) >= 11 is 0. The van der Waals surface area contributed by atoms with Crippen molar-refractivity contribution in [1.82, 2.24) is 15.1 Å². The number of nitrogens with zero attached hydrogens (tertiary/aromatic N) is 2. The maximum Gasteiger partial charge on any atom is 0.157 e. The van der Waals surface area contributed by atoms with Gasteiger partial charge in [0.05, 0.1) is 12.4 Å². The molecule has 0 fully saturated rings. The van der Waals surface area contributed by atoms with Crippen LogP contribution in [0.15, 0.2) is 36.7 Å². The highest BCUT2D eigenvalue weighted by Gasteiger charge is 2.01. The molecule has 1 heterocycles. The Kier molecular flexibility index (Phi) is 5.18.